The third-order valence-corrected chi connectivity index (χ3v) is 3.28. The third-order valence-electron chi connectivity index (χ3n) is 1.74. The van der Waals surface area contributed by atoms with E-state index in [2.05, 4.69) is 27.9 Å². The predicted octanol–water partition coefficient (Wildman–Crippen LogP) is 2.06. The quantitative estimate of drug-likeness (QED) is 0.828. The Bertz CT molecular complexity index is 368. The van der Waals surface area contributed by atoms with Crippen LogP contribution in [0.2, 0.25) is 5.02 Å². The van der Waals surface area contributed by atoms with Crippen molar-refractivity contribution in [2.45, 2.75) is 13.0 Å². The number of rotatable bonds is 3. The van der Waals surface area contributed by atoms with Crippen molar-refractivity contribution in [3.05, 3.63) is 32.4 Å². The summed E-state index contributed by atoms with van der Waals surface area (Å²) in [6.45, 7) is 1.87. The number of benzene rings is 1. The second-order valence-corrected chi connectivity index (χ2v) is 4.76. The molecule has 3 nitrogen and oxygen atoms in total. The van der Waals surface area contributed by atoms with E-state index in [0.717, 1.165) is 3.57 Å². The first-order valence-electron chi connectivity index (χ1n) is 4.42. The molecule has 1 amide bonds. The SMILES string of the molecule is CC(O)CNC(=O)c1ccc(Cl)c(I)c1. The smallest absolute Gasteiger partial charge is 0.251 e. The van der Waals surface area contributed by atoms with Crippen LogP contribution in [0.4, 0.5) is 0 Å². The fourth-order valence-electron chi connectivity index (χ4n) is 0.980. The maximum absolute atomic E-state index is 11.5. The van der Waals surface area contributed by atoms with Crippen LogP contribution < -0.4 is 5.32 Å². The zero-order chi connectivity index (χ0) is 11.4. The largest absolute Gasteiger partial charge is 0.392 e. The third kappa shape index (κ3) is 3.96. The van der Waals surface area contributed by atoms with Crippen LogP contribution in [0.15, 0.2) is 18.2 Å². The van der Waals surface area contributed by atoms with Crippen LogP contribution in [0.5, 0.6) is 0 Å². The van der Waals surface area contributed by atoms with Gasteiger partial charge in [0, 0.05) is 15.7 Å². The van der Waals surface area contributed by atoms with Gasteiger partial charge in [0.05, 0.1) is 11.1 Å². The van der Waals surface area contributed by atoms with E-state index in [9.17, 15) is 4.79 Å². The molecule has 0 bridgehead atoms. The van der Waals surface area contributed by atoms with Crippen molar-refractivity contribution in [3.8, 4) is 0 Å². The summed E-state index contributed by atoms with van der Waals surface area (Å²) in [5.41, 5.74) is 0.546. The molecule has 1 aromatic carbocycles. The topological polar surface area (TPSA) is 49.3 Å². The molecule has 15 heavy (non-hydrogen) atoms. The Morgan fingerprint density at radius 1 is 1.67 bits per heavy atom. The Labute approximate surface area is 107 Å². The molecule has 0 aromatic heterocycles. The summed E-state index contributed by atoms with van der Waals surface area (Å²) in [4.78, 5) is 11.5. The zero-order valence-corrected chi connectivity index (χ0v) is 11.0. The highest BCUT2D eigenvalue weighted by Crippen LogP contribution is 2.19. The van der Waals surface area contributed by atoms with Crippen molar-refractivity contribution in [1.82, 2.24) is 5.32 Å². The molecule has 1 rings (SSSR count). The summed E-state index contributed by atoms with van der Waals surface area (Å²) in [5, 5.41) is 12.2. The predicted molar refractivity (Wildman–Crippen MR) is 68.2 cm³/mol. The van der Waals surface area contributed by atoms with E-state index in [4.69, 9.17) is 16.7 Å². The van der Waals surface area contributed by atoms with Gasteiger partial charge in [0.1, 0.15) is 0 Å². The zero-order valence-electron chi connectivity index (χ0n) is 8.13. The minimum atomic E-state index is -0.541. The second-order valence-electron chi connectivity index (χ2n) is 3.19. The van der Waals surface area contributed by atoms with Gasteiger partial charge in [-0.1, -0.05) is 11.6 Å². The first kappa shape index (κ1) is 12.7. The normalized spacial score (nSPS) is 12.3. The maximum Gasteiger partial charge on any atom is 0.251 e. The van der Waals surface area contributed by atoms with Crippen molar-refractivity contribution in [1.29, 1.82) is 0 Å². The van der Waals surface area contributed by atoms with Crippen molar-refractivity contribution in [3.63, 3.8) is 0 Å². The molecule has 0 spiro atoms. The highest BCUT2D eigenvalue weighted by Gasteiger charge is 2.07. The highest BCUT2D eigenvalue weighted by atomic mass is 127. The highest BCUT2D eigenvalue weighted by molar-refractivity contribution is 14.1. The average molecular weight is 340 g/mol. The Kier molecular flexibility index (Phi) is 4.82. The minimum absolute atomic E-state index is 0.203. The molecule has 0 saturated carbocycles. The van der Waals surface area contributed by atoms with Crippen molar-refractivity contribution >= 4 is 40.1 Å². The molecule has 0 heterocycles. The summed E-state index contributed by atoms with van der Waals surface area (Å²) in [6.07, 6.45) is -0.541. The molecule has 0 saturated heterocycles. The maximum atomic E-state index is 11.5. The molecular weight excluding hydrogens is 328 g/mol. The van der Waals surface area contributed by atoms with Crippen LogP contribution in [0.3, 0.4) is 0 Å². The van der Waals surface area contributed by atoms with Gasteiger partial charge in [0.25, 0.3) is 5.91 Å². The number of nitrogens with one attached hydrogen (secondary N) is 1. The van der Waals surface area contributed by atoms with Crippen LogP contribution in [0.25, 0.3) is 0 Å². The fraction of sp³-hybridized carbons (Fsp3) is 0.300. The lowest BCUT2D eigenvalue weighted by atomic mass is 10.2. The van der Waals surface area contributed by atoms with Crippen LogP contribution in [0, 0.1) is 3.57 Å². The van der Waals surface area contributed by atoms with Crippen LogP contribution in [-0.4, -0.2) is 23.7 Å². The first-order chi connectivity index (χ1) is 7.00. The van der Waals surface area contributed by atoms with E-state index in [1.165, 1.54) is 0 Å². The number of carbonyl (C=O) groups excluding carboxylic acids is 1. The van der Waals surface area contributed by atoms with E-state index in [1.807, 2.05) is 0 Å². The molecule has 0 radical (unpaired) electrons. The van der Waals surface area contributed by atoms with E-state index in [-0.39, 0.29) is 12.5 Å². The number of carbonyl (C=O) groups is 1. The number of aliphatic hydroxyl groups is 1. The van der Waals surface area contributed by atoms with Crippen molar-refractivity contribution in [2.75, 3.05) is 6.54 Å². The lowest BCUT2D eigenvalue weighted by Gasteiger charge is -2.07. The van der Waals surface area contributed by atoms with Gasteiger partial charge in [-0.15, -0.1) is 0 Å². The van der Waals surface area contributed by atoms with Crippen molar-refractivity contribution in [2.24, 2.45) is 0 Å². The lowest BCUT2D eigenvalue weighted by Crippen LogP contribution is -2.30. The minimum Gasteiger partial charge on any atom is -0.392 e. The molecule has 0 fully saturated rings. The van der Waals surface area contributed by atoms with E-state index >= 15 is 0 Å². The number of halogens is 2. The van der Waals surface area contributed by atoms with Gasteiger partial charge in [-0.05, 0) is 47.7 Å². The lowest BCUT2D eigenvalue weighted by molar-refractivity contribution is 0.0924. The van der Waals surface area contributed by atoms with Crippen molar-refractivity contribution < 1.29 is 9.90 Å². The molecular formula is C10H11ClINO2. The Morgan fingerprint density at radius 3 is 2.87 bits per heavy atom. The van der Waals surface area contributed by atoms with Crippen LogP contribution in [-0.2, 0) is 0 Å². The Hall–Kier alpha value is -0.330. The van der Waals surface area contributed by atoms with E-state index in [0.29, 0.717) is 10.6 Å². The number of aliphatic hydroxyl groups excluding tert-OH is 1. The molecule has 0 aliphatic carbocycles. The molecule has 0 aliphatic rings. The second kappa shape index (κ2) is 5.67. The number of hydrogen-bond acceptors (Lipinski definition) is 2. The van der Waals surface area contributed by atoms with Gasteiger partial charge in [0.15, 0.2) is 0 Å². The van der Waals surface area contributed by atoms with Crippen LogP contribution in [0.1, 0.15) is 17.3 Å². The summed E-state index contributed by atoms with van der Waals surface area (Å²) in [6, 6.07) is 5.04. The summed E-state index contributed by atoms with van der Waals surface area (Å²) >= 11 is 7.90. The number of amides is 1. The summed E-state index contributed by atoms with van der Waals surface area (Å²) in [7, 11) is 0. The first-order valence-corrected chi connectivity index (χ1v) is 5.87. The molecule has 1 atom stereocenters. The average Bonchev–Trinajstić information content (AvgIpc) is 2.18. The molecule has 1 unspecified atom stereocenters. The van der Waals surface area contributed by atoms with Gasteiger partial charge < -0.3 is 10.4 Å². The summed E-state index contributed by atoms with van der Waals surface area (Å²) < 4.78 is 0.832. The fourth-order valence-corrected chi connectivity index (χ4v) is 1.61. The van der Waals surface area contributed by atoms with E-state index < -0.39 is 6.10 Å². The van der Waals surface area contributed by atoms with Gasteiger partial charge in [0.2, 0.25) is 0 Å². The summed E-state index contributed by atoms with van der Waals surface area (Å²) in [5.74, 6) is -0.203. The Morgan fingerprint density at radius 2 is 2.33 bits per heavy atom. The monoisotopic (exact) mass is 339 g/mol. The standard InChI is InChI=1S/C10H11ClINO2/c1-6(14)5-13-10(15)7-2-3-8(11)9(12)4-7/h2-4,6,14H,5H2,1H3,(H,13,15). The molecule has 1 aromatic rings. The van der Waals surface area contributed by atoms with Gasteiger partial charge in [-0.2, -0.15) is 0 Å². The molecule has 5 heteroatoms. The van der Waals surface area contributed by atoms with Gasteiger partial charge in [-0.25, -0.2) is 0 Å². The molecule has 2 N–H and O–H groups in total. The van der Waals surface area contributed by atoms with Gasteiger partial charge in [-0.3, -0.25) is 4.79 Å². The molecule has 0 aliphatic heterocycles. The van der Waals surface area contributed by atoms with Gasteiger partial charge >= 0.3 is 0 Å². The molecule has 82 valence electrons. The number of hydrogen-bond donors (Lipinski definition) is 2. The Balaban J connectivity index is 2.70. The van der Waals surface area contributed by atoms with Crippen LogP contribution >= 0.6 is 34.2 Å². The van der Waals surface area contributed by atoms with E-state index in [1.54, 1.807) is 25.1 Å².